The van der Waals surface area contributed by atoms with Crippen LogP contribution in [0, 0.1) is 0 Å². The molecular weight excluding hydrogens is 173 g/mol. The van der Waals surface area contributed by atoms with E-state index in [0.29, 0.717) is 0 Å². The zero-order chi connectivity index (χ0) is 9.23. The summed E-state index contributed by atoms with van der Waals surface area (Å²) in [7, 11) is -2.12. The summed E-state index contributed by atoms with van der Waals surface area (Å²) in [6, 6.07) is 0. The highest BCUT2D eigenvalue weighted by atomic mass is 31.2. The van der Waals surface area contributed by atoms with Crippen molar-refractivity contribution in [2.75, 3.05) is 0 Å². The molecule has 0 bridgehead atoms. The summed E-state index contributed by atoms with van der Waals surface area (Å²) in [5, 5.41) is 0. The minimum Gasteiger partial charge on any atom is -0.338 e. The maximum absolute atomic E-state index is 7.45. The molecule has 0 aromatic carbocycles. The average molecular weight is 191 g/mol. The van der Waals surface area contributed by atoms with Crippen LogP contribution in [0.1, 0.15) is 38.5 Å². The van der Waals surface area contributed by atoms with E-state index in [1.165, 1.54) is 38.5 Å². The summed E-state index contributed by atoms with van der Waals surface area (Å²) < 4.78 is 0. The van der Waals surface area contributed by atoms with E-state index in [0.717, 1.165) is 0 Å². The molecule has 0 radical (unpaired) electrons. The number of nitrogens with two attached hydrogens (primary N) is 1. The number of rotatable bonds is 0. The van der Waals surface area contributed by atoms with Gasteiger partial charge in [-0.3, -0.25) is 5.50 Å². The van der Waals surface area contributed by atoms with Gasteiger partial charge in [0.25, 0.3) is 0 Å². The molecule has 1 aliphatic rings. The van der Waals surface area contributed by atoms with Gasteiger partial charge >= 0.3 is 0 Å². The van der Waals surface area contributed by atoms with Crippen molar-refractivity contribution in [2.45, 2.75) is 38.5 Å². The quantitative estimate of drug-likeness (QED) is 0.405. The summed E-state index contributed by atoms with van der Waals surface area (Å²) >= 11 is 0. The Kier molecular flexibility index (Phi) is 9.18. The predicted octanol–water partition coefficient (Wildman–Crippen LogP) is 2.05. The highest BCUT2D eigenvalue weighted by Crippen LogP contribution is 2.09. The Balaban J connectivity index is 0.000000261. The van der Waals surface area contributed by atoms with Crippen LogP contribution in [0.15, 0.2) is 12.2 Å². The van der Waals surface area contributed by atoms with Gasteiger partial charge in [0.15, 0.2) is 0 Å². The molecule has 0 amide bonds. The van der Waals surface area contributed by atoms with Crippen LogP contribution in [0.3, 0.4) is 0 Å². The van der Waals surface area contributed by atoms with Gasteiger partial charge in [-0.15, -0.1) is 0 Å². The fourth-order valence-corrected chi connectivity index (χ4v) is 1.11. The standard InChI is InChI=1S/C8H14.H4NO2P/c1-2-4-6-8-7-5-3-1;1-4(2)3/h1-2H,3-8H2;2-3H,1H2/b2-1+;. The third-order valence-electron chi connectivity index (χ3n) is 1.66. The monoisotopic (exact) mass is 191 g/mol. The van der Waals surface area contributed by atoms with Gasteiger partial charge in [0.05, 0.1) is 0 Å². The number of allylic oxidation sites excluding steroid dienone is 2. The topological polar surface area (TPSA) is 66.5 Å². The number of hydrogen-bond acceptors (Lipinski definition) is 3. The molecule has 0 aromatic rings. The van der Waals surface area contributed by atoms with Crippen LogP contribution in [0.2, 0.25) is 0 Å². The Morgan fingerprint density at radius 3 is 1.58 bits per heavy atom. The Bertz CT molecular complexity index is 105. The molecule has 0 atom stereocenters. The lowest BCUT2D eigenvalue weighted by molar-refractivity contribution is 0.485. The van der Waals surface area contributed by atoms with Crippen LogP contribution < -0.4 is 5.50 Å². The minimum absolute atomic E-state index is 1.32. The molecule has 0 aliphatic heterocycles. The van der Waals surface area contributed by atoms with Gasteiger partial charge < -0.3 is 9.79 Å². The fraction of sp³-hybridized carbons (Fsp3) is 0.750. The first-order chi connectivity index (χ1) is 5.73. The van der Waals surface area contributed by atoms with E-state index >= 15 is 0 Å². The van der Waals surface area contributed by atoms with Crippen LogP contribution in [0.4, 0.5) is 0 Å². The van der Waals surface area contributed by atoms with Crippen LogP contribution >= 0.6 is 8.53 Å². The van der Waals surface area contributed by atoms with Crippen molar-refractivity contribution in [2.24, 2.45) is 5.50 Å². The van der Waals surface area contributed by atoms with Crippen molar-refractivity contribution >= 4 is 8.53 Å². The molecule has 0 fully saturated rings. The summed E-state index contributed by atoms with van der Waals surface area (Å²) in [5.41, 5.74) is 4.29. The molecule has 0 saturated heterocycles. The molecule has 4 heteroatoms. The smallest absolute Gasteiger partial charge is 0.247 e. The van der Waals surface area contributed by atoms with Gasteiger partial charge in [-0.25, -0.2) is 0 Å². The highest BCUT2D eigenvalue weighted by Gasteiger charge is 1.89. The Morgan fingerprint density at radius 1 is 0.917 bits per heavy atom. The second-order valence-electron chi connectivity index (χ2n) is 2.78. The Labute approximate surface area is 75.3 Å². The Hall–Kier alpha value is 0.0500. The predicted molar refractivity (Wildman–Crippen MR) is 52.4 cm³/mol. The second kappa shape index (κ2) is 9.14. The fourth-order valence-electron chi connectivity index (χ4n) is 1.11. The van der Waals surface area contributed by atoms with E-state index in [1.807, 2.05) is 0 Å². The molecule has 0 spiro atoms. The molecule has 0 heterocycles. The van der Waals surface area contributed by atoms with Crippen molar-refractivity contribution in [1.82, 2.24) is 0 Å². The molecule has 12 heavy (non-hydrogen) atoms. The Morgan fingerprint density at radius 2 is 1.25 bits per heavy atom. The molecule has 4 N–H and O–H groups in total. The highest BCUT2D eigenvalue weighted by molar-refractivity contribution is 7.42. The SMILES string of the molecule is C1=C/CCCCCC/1.NP(O)O. The lowest BCUT2D eigenvalue weighted by atomic mass is 10.1. The second-order valence-corrected chi connectivity index (χ2v) is 3.42. The lowest BCUT2D eigenvalue weighted by Crippen LogP contribution is -1.80. The summed E-state index contributed by atoms with van der Waals surface area (Å²) in [4.78, 5) is 14.9. The molecule has 0 saturated carbocycles. The van der Waals surface area contributed by atoms with E-state index in [1.54, 1.807) is 0 Å². The average Bonchev–Trinajstić information content (AvgIpc) is 1.82. The largest absolute Gasteiger partial charge is 0.338 e. The van der Waals surface area contributed by atoms with E-state index in [2.05, 4.69) is 17.7 Å². The first-order valence-electron chi connectivity index (χ1n) is 4.31. The van der Waals surface area contributed by atoms with Gasteiger partial charge in [-0.2, -0.15) is 0 Å². The zero-order valence-electron chi connectivity index (χ0n) is 7.32. The summed E-state index contributed by atoms with van der Waals surface area (Å²) in [6.45, 7) is 0. The normalized spacial score (nSPS) is 20.3. The van der Waals surface area contributed by atoms with Crippen LogP contribution in [-0.2, 0) is 0 Å². The molecular formula is C8H18NO2P. The van der Waals surface area contributed by atoms with E-state index in [4.69, 9.17) is 9.79 Å². The van der Waals surface area contributed by atoms with E-state index in [9.17, 15) is 0 Å². The van der Waals surface area contributed by atoms with Gasteiger partial charge in [-0.1, -0.05) is 25.0 Å². The summed E-state index contributed by atoms with van der Waals surface area (Å²) in [5.74, 6) is 0. The van der Waals surface area contributed by atoms with Gasteiger partial charge in [0, 0.05) is 0 Å². The zero-order valence-corrected chi connectivity index (χ0v) is 8.21. The third kappa shape index (κ3) is 12.7. The molecule has 1 rings (SSSR count). The van der Waals surface area contributed by atoms with Crippen molar-refractivity contribution in [3.8, 4) is 0 Å². The van der Waals surface area contributed by atoms with Crippen molar-refractivity contribution in [3.05, 3.63) is 12.2 Å². The van der Waals surface area contributed by atoms with Gasteiger partial charge in [0.2, 0.25) is 8.53 Å². The lowest BCUT2D eigenvalue weighted by Gasteiger charge is -2.00. The van der Waals surface area contributed by atoms with Gasteiger partial charge in [-0.05, 0) is 25.7 Å². The molecule has 3 nitrogen and oxygen atoms in total. The maximum atomic E-state index is 7.45. The molecule has 72 valence electrons. The van der Waals surface area contributed by atoms with Crippen molar-refractivity contribution in [3.63, 3.8) is 0 Å². The van der Waals surface area contributed by atoms with Crippen LogP contribution in [0.5, 0.6) is 0 Å². The van der Waals surface area contributed by atoms with Crippen molar-refractivity contribution < 1.29 is 9.79 Å². The third-order valence-corrected chi connectivity index (χ3v) is 1.66. The maximum Gasteiger partial charge on any atom is 0.247 e. The van der Waals surface area contributed by atoms with Crippen molar-refractivity contribution in [1.29, 1.82) is 0 Å². The van der Waals surface area contributed by atoms with Crippen LogP contribution in [-0.4, -0.2) is 9.79 Å². The van der Waals surface area contributed by atoms with E-state index in [-0.39, 0.29) is 0 Å². The molecule has 1 aliphatic carbocycles. The molecule has 0 unspecified atom stereocenters. The van der Waals surface area contributed by atoms with Crippen LogP contribution in [0.25, 0.3) is 0 Å². The minimum atomic E-state index is -2.12. The first kappa shape index (κ1) is 12.0. The summed E-state index contributed by atoms with van der Waals surface area (Å²) in [6.07, 6.45) is 13.0. The first-order valence-corrected chi connectivity index (χ1v) is 5.62. The number of hydrogen-bond donors (Lipinski definition) is 3. The van der Waals surface area contributed by atoms with E-state index < -0.39 is 8.53 Å². The molecule has 0 aromatic heterocycles. The van der Waals surface area contributed by atoms with Gasteiger partial charge in [0.1, 0.15) is 0 Å².